The van der Waals surface area contributed by atoms with Crippen LogP contribution in [-0.4, -0.2) is 58.5 Å². The van der Waals surface area contributed by atoms with Gasteiger partial charge in [0.25, 0.3) is 5.78 Å². The Morgan fingerprint density at radius 1 is 1.31 bits per heavy atom. The van der Waals surface area contributed by atoms with Crippen molar-refractivity contribution in [1.82, 2.24) is 19.2 Å². The SMILES string of the molecule is COc1ccc(NC(=O)Cn2nc3nc(N4CCOCC4)ccn3c2=O)cc1F. The second-order valence-electron chi connectivity index (χ2n) is 6.39. The Bertz CT molecular complexity index is 1110. The molecule has 0 saturated carbocycles. The smallest absolute Gasteiger partial charge is 0.352 e. The molecule has 3 heterocycles. The Balaban J connectivity index is 1.51. The number of benzene rings is 1. The van der Waals surface area contributed by atoms with Crippen molar-refractivity contribution in [3.8, 4) is 5.75 Å². The summed E-state index contributed by atoms with van der Waals surface area (Å²) in [7, 11) is 1.35. The normalized spacial score (nSPS) is 14.2. The van der Waals surface area contributed by atoms with Gasteiger partial charge in [0.15, 0.2) is 11.6 Å². The second kappa shape index (κ2) is 7.87. The number of hydrogen-bond acceptors (Lipinski definition) is 7. The number of rotatable bonds is 5. The van der Waals surface area contributed by atoms with Crippen molar-refractivity contribution in [1.29, 1.82) is 0 Å². The number of nitrogens with one attached hydrogen (secondary N) is 1. The largest absolute Gasteiger partial charge is 0.494 e. The molecule has 10 nitrogen and oxygen atoms in total. The van der Waals surface area contributed by atoms with E-state index >= 15 is 0 Å². The van der Waals surface area contributed by atoms with E-state index in [0.717, 1.165) is 10.7 Å². The minimum absolute atomic E-state index is 0.0710. The van der Waals surface area contributed by atoms with Crippen LogP contribution >= 0.6 is 0 Å². The number of carbonyl (C=O) groups excluding carboxylic acids is 1. The lowest BCUT2D eigenvalue weighted by atomic mass is 10.3. The Labute approximate surface area is 164 Å². The fraction of sp³-hybridized carbons (Fsp3) is 0.333. The first-order valence-electron chi connectivity index (χ1n) is 8.97. The zero-order valence-electron chi connectivity index (χ0n) is 15.7. The van der Waals surface area contributed by atoms with Crippen molar-refractivity contribution in [2.45, 2.75) is 6.54 Å². The molecule has 1 aliphatic rings. The number of ether oxygens (including phenoxy) is 2. The average molecular weight is 402 g/mol. The minimum Gasteiger partial charge on any atom is -0.494 e. The first kappa shape index (κ1) is 18.9. The third kappa shape index (κ3) is 3.90. The molecule has 1 amide bonds. The Hall–Kier alpha value is -3.47. The van der Waals surface area contributed by atoms with Crippen molar-refractivity contribution in [2.75, 3.05) is 43.6 Å². The molecule has 1 aliphatic heterocycles. The van der Waals surface area contributed by atoms with E-state index in [0.29, 0.717) is 32.1 Å². The van der Waals surface area contributed by atoms with Crippen LogP contribution in [0.5, 0.6) is 5.75 Å². The molecule has 0 atom stereocenters. The van der Waals surface area contributed by atoms with Gasteiger partial charge in [-0.1, -0.05) is 0 Å². The van der Waals surface area contributed by atoms with Gasteiger partial charge >= 0.3 is 5.69 Å². The van der Waals surface area contributed by atoms with Crippen molar-refractivity contribution in [3.05, 3.63) is 46.8 Å². The van der Waals surface area contributed by atoms with Crippen molar-refractivity contribution in [2.24, 2.45) is 0 Å². The van der Waals surface area contributed by atoms with Crippen molar-refractivity contribution < 1.29 is 18.7 Å². The number of halogens is 1. The molecule has 11 heteroatoms. The van der Waals surface area contributed by atoms with E-state index in [4.69, 9.17) is 9.47 Å². The van der Waals surface area contributed by atoms with Gasteiger partial charge < -0.3 is 19.7 Å². The Kier molecular flexibility index (Phi) is 5.12. The molecule has 4 rings (SSSR count). The molecule has 0 spiro atoms. The van der Waals surface area contributed by atoms with Crippen LogP contribution in [0.15, 0.2) is 35.3 Å². The zero-order chi connectivity index (χ0) is 20.4. The van der Waals surface area contributed by atoms with Gasteiger partial charge in [0, 0.05) is 31.0 Å². The van der Waals surface area contributed by atoms with E-state index in [1.54, 1.807) is 12.3 Å². The maximum atomic E-state index is 13.8. The maximum absolute atomic E-state index is 13.8. The zero-order valence-corrected chi connectivity index (χ0v) is 15.7. The summed E-state index contributed by atoms with van der Waals surface area (Å²) in [6, 6.07) is 5.77. The predicted molar refractivity (Wildman–Crippen MR) is 102 cm³/mol. The lowest BCUT2D eigenvalue weighted by Gasteiger charge is -2.27. The number of amides is 1. The Morgan fingerprint density at radius 2 is 2.10 bits per heavy atom. The van der Waals surface area contributed by atoms with Gasteiger partial charge in [-0.15, -0.1) is 5.10 Å². The Morgan fingerprint density at radius 3 is 2.83 bits per heavy atom. The maximum Gasteiger partial charge on any atom is 0.352 e. The third-order valence-corrected chi connectivity index (χ3v) is 4.50. The first-order valence-corrected chi connectivity index (χ1v) is 8.97. The number of morpholine rings is 1. The number of methoxy groups -OCH3 is 1. The summed E-state index contributed by atoms with van der Waals surface area (Å²) in [5, 5.41) is 6.67. The summed E-state index contributed by atoms with van der Waals surface area (Å²) < 4.78 is 26.2. The fourth-order valence-corrected chi connectivity index (χ4v) is 3.05. The van der Waals surface area contributed by atoms with Crippen LogP contribution < -0.4 is 20.6 Å². The van der Waals surface area contributed by atoms with Gasteiger partial charge in [-0.2, -0.15) is 4.98 Å². The monoisotopic (exact) mass is 402 g/mol. The highest BCUT2D eigenvalue weighted by Gasteiger charge is 2.16. The lowest BCUT2D eigenvalue weighted by molar-refractivity contribution is -0.117. The molecule has 1 fully saturated rings. The fourth-order valence-electron chi connectivity index (χ4n) is 3.05. The van der Waals surface area contributed by atoms with Crippen LogP contribution in [0.25, 0.3) is 5.78 Å². The quantitative estimate of drug-likeness (QED) is 0.663. The summed E-state index contributed by atoms with van der Waals surface area (Å²) >= 11 is 0. The molecule has 152 valence electrons. The van der Waals surface area contributed by atoms with Gasteiger partial charge in [-0.3, -0.25) is 4.79 Å². The predicted octanol–water partition coefficient (Wildman–Crippen LogP) is 0.514. The summed E-state index contributed by atoms with van der Waals surface area (Å²) in [5.74, 6) is -0.163. The van der Waals surface area contributed by atoms with Gasteiger partial charge in [-0.25, -0.2) is 18.3 Å². The molecule has 29 heavy (non-hydrogen) atoms. The molecule has 0 radical (unpaired) electrons. The van der Waals surface area contributed by atoms with E-state index < -0.39 is 17.4 Å². The van der Waals surface area contributed by atoms with Crippen LogP contribution in [0, 0.1) is 5.82 Å². The van der Waals surface area contributed by atoms with Gasteiger partial charge in [0.05, 0.1) is 20.3 Å². The highest BCUT2D eigenvalue weighted by atomic mass is 19.1. The third-order valence-electron chi connectivity index (χ3n) is 4.50. The van der Waals surface area contributed by atoms with E-state index in [1.807, 2.05) is 4.90 Å². The van der Waals surface area contributed by atoms with E-state index in [2.05, 4.69) is 15.4 Å². The van der Waals surface area contributed by atoms with Crippen molar-refractivity contribution in [3.63, 3.8) is 0 Å². The number of fused-ring (bicyclic) bond motifs is 1. The summed E-state index contributed by atoms with van der Waals surface area (Å²) in [5.41, 5.74) is -0.241. The molecular formula is C18H19FN6O4. The van der Waals surface area contributed by atoms with Crippen LogP contribution in [0.2, 0.25) is 0 Å². The average Bonchev–Trinajstić information content (AvgIpc) is 3.03. The standard InChI is InChI=1S/C18H19FN6O4/c1-28-14-3-2-12(10-13(14)19)20-16(26)11-25-18(27)24-5-4-15(21-17(24)22-25)23-6-8-29-9-7-23/h2-5,10H,6-9,11H2,1H3,(H,20,26). The first-order chi connectivity index (χ1) is 14.0. The van der Waals surface area contributed by atoms with Crippen LogP contribution in [-0.2, 0) is 16.1 Å². The highest BCUT2D eigenvalue weighted by molar-refractivity contribution is 5.90. The molecule has 1 aromatic carbocycles. The molecule has 3 aromatic rings. The van der Waals surface area contributed by atoms with Crippen LogP contribution in [0.3, 0.4) is 0 Å². The van der Waals surface area contributed by atoms with Gasteiger partial charge in [-0.05, 0) is 18.2 Å². The second-order valence-corrected chi connectivity index (χ2v) is 6.39. The topological polar surface area (TPSA) is 103 Å². The summed E-state index contributed by atoms with van der Waals surface area (Å²) in [4.78, 5) is 31.2. The molecule has 0 bridgehead atoms. The van der Waals surface area contributed by atoms with Gasteiger partial charge in [0.2, 0.25) is 5.91 Å². The van der Waals surface area contributed by atoms with E-state index in [9.17, 15) is 14.0 Å². The number of hydrogen-bond donors (Lipinski definition) is 1. The van der Waals surface area contributed by atoms with E-state index in [-0.39, 0.29) is 23.8 Å². The van der Waals surface area contributed by atoms with Crippen molar-refractivity contribution >= 4 is 23.2 Å². The van der Waals surface area contributed by atoms with Gasteiger partial charge in [0.1, 0.15) is 12.4 Å². The number of aromatic nitrogens is 4. The number of anilines is 2. The molecule has 2 aromatic heterocycles. The molecule has 0 aliphatic carbocycles. The van der Waals surface area contributed by atoms with E-state index in [1.165, 1.54) is 23.6 Å². The molecular weight excluding hydrogens is 383 g/mol. The number of carbonyl (C=O) groups is 1. The molecule has 1 N–H and O–H groups in total. The lowest BCUT2D eigenvalue weighted by Crippen LogP contribution is -2.36. The summed E-state index contributed by atoms with van der Waals surface area (Å²) in [6.45, 7) is 2.30. The number of nitrogens with zero attached hydrogens (tertiary/aromatic N) is 5. The summed E-state index contributed by atoms with van der Waals surface area (Å²) in [6.07, 6.45) is 1.58. The minimum atomic E-state index is -0.602. The molecule has 1 saturated heterocycles. The highest BCUT2D eigenvalue weighted by Crippen LogP contribution is 2.20. The van der Waals surface area contributed by atoms with Crippen LogP contribution in [0.4, 0.5) is 15.9 Å². The molecule has 0 unspecified atom stereocenters. The van der Waals surface area contributed by atoms with Crippen LogP contribution in [0.1, 0.15) is 0 Å².